The molecule has 6 nitrogen and oxygen atoms in total. The molecule has 3 aliphatic rings. The number of piperidine rings is 1. The summed E-state index contributed by atoms with van der Waals surface area (Å²) in [6, 6.07) is 8.64. The van der Waals surface area contributed by atoms with E-state index in [1.807, 2.05) is 12.1 Å². The van der Waals surface area contributed by atoms with Gasteiger partial charge in [0.05, 0.1) is 19.1 Å². The number of hydrogen-bond donors (Lipinski definition) is 1. The number of ether oxygens (including phenoxy) is 1. The van der Waals surface area contributed by atoms with Gasteiger partial charge in [-0.2, -0.15) is 0 Å². The van der Waals surface area contributed by atoms with Crippen molar-refractivity contribution in [3.05, 3.63) is 34.9 Å². The van der Waals surface area contributed by atoms with E-state index in [0.717, 1.165) is 43.2 Å². The first-order chi connectivity index (χ1) is 13.6. The standard InChI is InChI=1S/C20H27ClFN5O/c21-15-3-1-14(2-4-15)9-17-13-28-18(11-22)12-27(17)16-5-7-26(8-6-16)20-10-19(23)24-25-20/h1-4,16-18H,5-13H2,(H2,23,24)/t17-,18-/m0/s1. The molecule has 2 saturated heterocycles. The summed E-state index contributed by atoms with van der Waals surface area (Å²) in [6.07, 6.45) is 3.25. The lowest BCUT2D eigenvalue weighted by atomic mass is 9.96. The third-order valence-electron chi connectivity index (χ3n) is 5.90. The normalized spacial score (nSPS) is 27.0. The van der Waals surface area contributed by atoms with Crippen LogP contribution in [0.3, 0.4) is 0 Å². The maximum atomic E-state index is 13.3. The van der Waals surface area contributed by atoms with Gasteiger partial charge in [-0.3, -0.25) is 4.90 Å². The van der Waals surface area contributed by atoms with Gasteiger partial charge in [-0.15, -0.1) is 10.2 Å². The minimum Gasteiger partial charge on any atom is -0.385 e. The molecule has 152 valence electrons. The highest BCUT2D eigenvalue weighted by atomic mass is 35.5. The van der Waals surface area contributed by atoms with Gasteiger partial charge >= 0.3 is 0 Å². The van der Waals surface area contributed by atoms with Gasteiger partial charge in [0.15, 0.2) is 0 Å². The maximum absolute atomic E-state index is 13.3. The minimum atomic E-state index is -0.434. The summed E-state index contributed by atoms with van der Waals surface area (Å²) in [5.74, 6) is 1.55. The Morgan fingerprint density at radius 1 is 1.18 bits per heavy atom. The second-order valence-electron chi connectivity index (χ2n) is 7.79. The van der Waals surface area contributed by atoms with Crippen LogP contribution in [0.4, 0.5) is 4.39 Å². The second kappa shape index (κ2) is 8.76. The van der Waals surface area contributed by atoms with Gasteiger partial charge in [-0.05, 0) is 37.0 Å². The van der Waals surface area contributed by atoms with Crippen molar-refractivity contribution in [2.75, 3.05) is 32.9 Å². The van der Waals surface area contributed by atoms with Crippen molar-refractivity contribution < 1.29 is 9.13 Å². The van der Waals surface area contributed by atoms with Gasteiger partial charge in [0.25, 0.3) is 0 Å². The van der Waals surface area contributed by atoms with Crippen LogP contribution >= 0.6 is 11.6 Å². The number of rotatable bonds is 4. The Morgan fingerprint density at radius 3 is 2.57 bits per heavy atom. The molecule has 0 aliphatic carbocycles. The van der Waals surface area contributed by atoms with E-state index in [4.69, 9.17) is 22.1 Å². The summed E-state index contributed by atoms with van der Waals surface area (Å²) in [5, 5.41) is 8.88. The van der Waals surface area contributed by atoms with Gasteiger partial charge in [0, 0.05) is 36.7 Å². The lowest BCUT2D eigenvalue weighted by Crippen LogP contribution is -2.57. The summed E-state index contributed by atoms with van der Waals surface area (Å²) >= 11 is 6.01. The molecule has 0 radical (unpaired) electrons. The van der Waals surface area contributed by atoms with Crippen LogP contribution in [-0.2, 0) is 11.2 Å². The Bertz CT molecular complexity index is 733. The SMILES string of the molecule is NC1=NN=C(N2CCC(N3C[C@H](CF)OC[C@@H]3Cc3ccc(Cl)cc3)CC2)C1. The van der Waals surface area contributed by atoms with Crippen LogP contribution in [0.15, 0.2) is 34.5 Å². The summed E-state index contributed by atoms with van der Waals surface area (Å²) in [5.41, 5.74) is 6.98. The van der Waals surface area contributed by atoms with Gasteiger partial charge < -0.3 is 15.4 Å². The van der Waals surface area contributed by atoms with Crippen molar-refractivity contribution in [2.24, 2.45) is 15.9 Å². The monoisotopic (exact) mass is 407 g/mol. The number of benzene rings is 1. The molecule has 4 rings (SSSR count). The summed E-state index contributed by atoms with van der Waals surface area (Å²) in [7, 11) is 0. The molecule has 0 bridgehead atoms. The average molecular weight is 408 g/mol. The summed E-state index contributed by atoms with van der Waals surface area (Å²) < 4.78 is 19.1. The van der Waals surface area contributed by atoms with Crippen LogP contribution in [-0.4, -0.2) is 72.6 Å². The molecular formula is C20H27ClFN5O. The number of morpholine rings is 1. The van der Waals surface area contributed by atoms with E-state index in [0.29, 0.717) is 31.4 Å². The first-order valence-electron chi connectivity index (χ1n) is 9.94. The van der Waals surface area contributed by atoms with Crippen LogP contribution in [0.25, 0.3) is 0 Å². The molecule has 8 heteroatoms. The zero-order valence-corrected chi connectivity index (χ0v) is 16.7. The smallest absolute Gasteiger partial charge is 0.135 e. The predicted molar refractivity (Wildman–Crippen MR) is 110 cm³/mol. The first kappa shape index (κ1) is 19.6. The van der Waals surface area contributed by atoms with Gasteiger partial charge in [0.1, 0.15) is 18.3 Å². The molecule has 0 aromatic heterocycles. The lowest BCUT2D eigenvalue weighted by molar-refractivity contribution is -0.0912. The van der Waals surface area contributed by atoms with E-state index in [2.05, 4.69) is 32.1 Å². The van der Waals surface area contributed by atoms with Crippen LogP contribution < -0.4 is 5.73 Å². The fourth-order valence-electron chi connectivity index (χ4n) is 4.37. The molecule has 2 atom stereocenters. The van der Waals surface area contributed by atoms with E-state index < -0.39 is 6.67 Å². The summed E-state index contributed by atoms with van der Waals surface area (Å²) in [6.45, 7) is 2.64. The van der Waals surface area contributed by atoms with E-state index in [9.17, 15) is 4.39 Å². The van der Waals surface area contributed by atoms with E-state index in [1.54, 1.807) is 0 Å². The molecule has 1 aromatic rings. The molecule has 28 heavy (non-hydrogen) atoms. The zero-order chi connectivity index (χ0) is 19.5. The molecular weight excluding hydrogens is 381 g/mol. The molecule has 2 N–H and O–H groups in total. The van der Waals surface area contributed by atoms with Crippen molar-refractivity contribution in [3.63, 3.8) is 0 Å². The topological polar surface area (TPSA) is 66.5 Å². The van der Waals surface area contributed by atoms with Crippen molar-refractivity contribution in [1.82, 2.24) is 9.80 Å². The quantitative estimate of drug-likeness (QED) is 0.832. The number of amidine groups is 2. The highest BCUT2D eigenvalue weighted by Crippen LogP contribution is 2.26. The van der Waals surface area contributed by atoms with Gasteiger partial charge in [-0.1, -0.05) is 23.7 Å². The molecule has 2 fully saturated rings. The number of hydrogen-bond acceptors (Lipinski definition) is 6. The lowest BCUT2D eigenvalue weighted by Gasteiger charge is -2.46. The second-order valence-corrected chi connectivity index (χ2v) is 8.23. The van der Waals surface area contributed by atoms with Crippen molar-refractivity contribution in [1.29, 1.82) is 0 Å². The Hall–Kier alpha value is -1.70. The minimum absolute atomic E-state index is 0.253. The average Bonchev–Trinajstić information content (AvgIpc) is 3.16. The summed E-state index contributed by atoms with van der Waals surface area (Å²) in [4.78, 5) is 4.75. The van der Waals surface area contributed by atoms with Gasteiger partial charge in [-0.25, -0.2) is 4.39 Å². The number of nitrogens with two attached hydrogens (primary N) is 1. The van der Waals surface area contributed by atoms with Gasteiger partial charge in [0.2, 0.25) is 0 Å². The first-order valence-corrected chi connectivity index (χ1v) is 10.3. The molecule has 0 unspecified atom stereocenters. The third-order valence-corrected chi connectivity index (χ3v) is 6.15. The molecule has 0 amide bonds. The van der Waals surface area contributed by atoms with E-state index in [-0.39, 0.29) is 12.1 Å². The maximum Gasteiger partial charge on any atom is 0.135 e. The zero-order valence-electron chi connectivity index (χ0n) is 15.9. The number of likely N-dealkylation sites (tertiary alicyclic amines) is 1. The highest BCUT2D eigenvalue weighted by molar-refractivity contribution is 6.30. The number of alkyl halides is 1. The Balaban J connectivity index is 1.40. The van der Waals surface area contributed by atoms with Crippen LogP contribution in [0, 0.1) is 0 Å². The fourth-order valence-corrected chi connectivity index (χ4v) is 4.50. The van der Waals surface area contributed by atoms with Crippen molar-refractivity contribution in [3.8, 4) is 0 Å². The Morgan fingerprint density at radius 2 is 1.93 bits per heavy atom. The van der Waals surface area contributed by atoms with E-state index >= 15 is 0 Å². The highest BCUT2D eigenvalue weighted by Gasteiger charge is 2.36. The molecule has 1 aromatic carbocycles. The predicted octanol–water partition coefficient (Wildman–Crippen LogP) is 2.46. The van der Waals surface area contributed by atoms with E-state index in [1.165, 1.54) is 5.56 Å². The van der Waals surface area contributed by atoms with Crippen molar-refractivity contribution in [2.45, 2.75) is 43.9 Å². The molecule has 3 heterocycles. The number of nitrogens with zero attached hydrogens (tertiary/aromatic N) is 4. The number of halogens is 2. The van der Waals surface area contributed by atoms with Crippen LogP contribution in [0.5, 0.6) is 0 Å². The van der Waals surface area contributed by atoms with Crippen LogP contribution in [0.1, 0.15) is 24.8 Å². The largest absolute Gasteiger partial charge is 0.385 e. The fraction of sp³-hybridized carbons (Fsp3) is 0.600. The van der Waals surface area contributed by atoms with Crippen molar-refractivity contribution >= 4 is 23.3 Å². The van der Waals surface area contributed by atoms with Crippen LogP contribution in [0.2, 0.25) is 5.02 Å². The molecule has 3 aliphatic heterocycles. The molecule has 0 saturated carbocycles. The Labute approximate surface area is 170 Å². The third kappa shape index (κ3) is 4.47. The molecule has 0 spiro atoms. The Kier molecular flexibility index (Phi) is 6.13.